The van der Waals surface area contributed by atoms with Gasteiger partial charge >= 0.3 is 0 Å². The van der Waals surface area contributed by atoms with Gasteiger partial charge in [0.2, 0.25) is 0 Å². The average molecular weight is 491 g/mol. The summed E-state index contributed by atoms with van der Waals surface area (Å²) in [6.07, 6.45) is 4.30. The number of likely N-dealkylation sites (tertiary alicyclic amines) is 1. The molecule has 0 saturated carbocycles. The van der Waals surface area contributed by atoms with Crippen LogP contribution in [0.2, 0.25) is 0 Å². The Hall–Kier alpha value is -0.800. The lowest BCUT2D eigenvalue weighted by Crippen LogP contribution is -2.43. The summed E-state index contributed by atoms with van der Waals surface area (Å²) in [5, 5.41) is 6.91. The first-order valence-electron chi connectivity index (χ1n) is 9.85. The molecule has 1 atom stereocenters. The third-order valence-corrected chi connectivity index (χ3v) is 4.67. The van der Waals surface area contributed by atoms with Crippen LogP contribution < -0.4 is 10.6 Å². The van der Waals surface area contributed by atoms with Gasteiger partial charge in [0, 0.05) is 26.2 Å². The quantitative estimate of drug-likeness (QED) is 0.316. The van der Waals surface area contributed by atoms with Crippen molar-refractivity contribution in [1.82, 2.24) is 20.4 Å². The summed E-state index contributed by atoms with van der Waals surface area (Å²) in [5.74, 6) is 1.92. The number of hydrogen-bond acceptors (Lipinski definition) is 4. The van der Waals surface area contributed by atoms with E-state index in [1.807, 2.05) is 6.07 Å². The molecule has 1 aromatic heterocycles. The van der Waals surface area contributed by atoms with Crippen LogP contribution in [0.25, 0.3) is 0 Å². The average Bonchev–Trinajstić information content (AvgIpc) is 3.25. The largest absolute Gasteiger partial charge is 0.468 e. The molecule has 27 heavy (non-hydrogen) atoms. The number of guanidine groups is 1. The first-order valence-corrected chi connectivity index (χ1v) is 9.85. The van der Waals surface area contributed by atoms with E-state index in [0.29, 0.717) is 0 Å². The Morgan fingerprint density at radius 3 is 2.56 bits per heavy atom. The maximum atomic E-state index is 5.71. The van der Waals surface area contributed by atoms with Gasteiger partial charge in [0.1, 0.15) is 5.76 Å². The summed E-state index contributed by atoms with van der Waals surface area (Å²) in [6.45, 7) is 12.3. The molecule has 7 heteroatoms. The van der Waals surface area contributed by atoms with Gasteiger partial charge in [0.15, 0.2) is 5.96 Å². The zero-order valence-electron chi connectivity index (χ0n) is 17.6. The second-order valence-electron chi connectivity index (χ2n) is 8.25. The fraction of sp³-hybridized carbons (Fsp3) is 0.750. The van der Waals surface area contributed by atoms with Crippen LogP contribution >= 0.6 is 24.0 Å². The summed E-state index contributed by atoms with van der Waals surface area (Å²) in [7, 11) is 4.22. The minimum atomic E-state index is 0. The molecule has 2 N–H and O–H groups in total. The van der Waals surface area contributed by atoms with Gasteiger partial charge < -0.3 is 20.0 Å². The van der Waals surface area contributed by atoms with Crippen molar-refractivity contribution in [1.29, 1.82) is 0 Å². The van der Waals surface area contributed by atoms with Crippen molar-refractivity contribution in [2.24, 2.45) is 10.4 Å². The summed E-state index contributed by atoms with van der Waals surface area (Å²) in [6, 6.07) is 4.31. The van der Waals surface area contributed by atoms with Gasteiger partial charge in [-0.1, -0.05) is 13.8 Å². The second-order valence-corrected chi connectivity index (χ2v) is 8.25. The third kappa shape index (κ3) is 8.39. The molecule has 1 aromatic rings. The Morgan fingerprint density at radius 2 is 2.00 bits per heavy atom. The summed E-state index contributed by atoms with van der Waals surface area (Å²) < 4.78 is 5.71. The van der Waals surface area contributed by atoms with Crippen LogP contribution in [0, 0.1) is 5.41 Å². The van der Waals surface area contributed by atoms with Crippen LogP contribution in [0.3, 0.4) is 0 Å². The fourth-order valence-electron chi connectivity index (χ4n) is 3.68. The molecule has 1 unspecified atom stereocenters. The summed E-state index contributed by atoms with van der Waals surface area (Å²) in [4.78, 5) is 9.56. The Bertz CT molecular complexity index is 539. The topological polar surface area (TPSA) is 56.0 Å². The third-order valence-electron chi connectivity index (χ3n) is 4.67. The lowest BCUT2D eigenvalue weighted by atomic mass is 9.93. The van der Waals surface area contributed by atoms with Gasteiger partial charge in [-0.2, -0.15) is 0 Å². The molecule has 0 aliphatic carbocycles. The molecule has 1 saturated heterocycles. The molecule has 0 radical (unpaired) electrons. The maximum absolute atomic E-state index is 5.71. The van der Waals surface area contributed by atoms with Crippen LogP contribution in [0.1, 0.15) is 45.4 Å². The van der Waals surface area contributed by atoms with Crippen LogP contribution in [0.5, 0.6) is 0 Å². The second kappa shape index (κ2) is 11.9. The van der Waals surface area contributed by atoms with E-state index in [2.05, 4.69) is 61.4 Å². The number of nitrogens with zero attached hydrogens (tertiary/aromatic N) is 3. The van der Waals surface area contributed by atoms with Crippen LogP contribution in [-0.4, -0.2) is 69.1 Å². The number of nitrogens with one attached hydrogen (secondary N) is 2. The van der Waals surface area contributed by atoms with Gasteiger partial charge in [-0.25, -0.2) is 0 Å². The molecule has 0 amide bonds. The molecule has 0 bridgehead atoms. The van der Waals surface area contributed by atoms with E-state index in [4.69, 9.17) is 9.41 Å². The summed E-state index contributed by atoms with van der Waals surface area (Å²) >= 11 is 0. The molecule has 1 fully saturated rings. The normalized spacial score (nSPS) is 17.0. The molecular formula is C20H38IN5O. The van der Waals surface area contributed by atoms with Crippen molar-refractivity contribution < 1.29 is 4.42 Å². The molecule has 1 aliphatic rings. The van der Waals surface area contributed by atoms with E-state index in [0.717, 1.165) is 51.0 Å². The highest BCUT2D eigenvalue weighted by Crippen LogP contribution is 2.24. The Balaban J connectivity index is 0.00000364. The minimum absolute atomic E-state index is 0. The van der Waals surface area contributed by atoms with Gasteiger partial charge in [-0.3, -0.25) is 9.89 Å². The van der Waals surface area contributed by atoms with Gasteiger partial charge in [-0.05, 0) is 64.5 Å². The first-order chi connectivity index (χ1) is 12.4. The number of halogens is 1. The van der Waals surface area contributed by atoms with E-state index >= 15 is 0 Å². The lowest BCUT2D eigenvalue weighted by Gasteiger charge is -2.28. The van der Waals surface area contributed by atoms with Crippen LogP contribution in [-0.2, 0) is 0 Å². The number of aliphatic imine (C=N–C) groups is 1. The van der Waals surface area contributed by atoms with Crippen LogP contribution in [0.15, 0.2) is 27.8 Å². The Kier molecular flexibility index (Phi) is 10.7. The zero-order chi connectivity index (χ0) is 19.0. The molecule has 1 aliphatic heterocycles. The molecule has 2 heterocycles. The highest BCUT2D eigenvalue weighted by Gasteiger charge is 2.26. The van der Waals surface area contributed by atoms with Gasteiger partial charge in [0.25, 0.3) is 0 Å². The lowest BCUT2D eigenvalue weighted by molar-refractivity contribution is 0.215. The number of hydrogen-bond donors (Lipinski definition) is 2. The van der Waals surface area contributed by atoms with Crippen LogP contribution in [0.4, 0.5) is 0 Å². The maximum Gasteiger partial charge on any atom is 0.191 e. The predicted octanol–water partition coefficient (Wildman–Crippen LogP) is 3.18. The number of rotatable bonds is 9. The SMILES string of the molecule is CCNC(=NCC(C)(C)CN(C)C)NCC(c1ccco1)N1CCCC1.I. The molecule has 0 spiro atoms. The standard InChI is InChI=1S/C20H37N5O.HI/c1-6-21-19(23-15-20(2,3)16-24(4)5)22-14-17(18-10-9-13-26-18)25-11-7-8-12-25;/h9-10,13,17H,6-8,11-12,14-16H2,1-5H3,(H2,21,22,23);1H. The van der Waals surface area contributed by atoms with Gasteiger partial charge in [0.05, 0.1) is 12.3 Å². The van der Waals surface area contributed by atoms with Crippen molar-refractivity contribution in [3.63, 3.8) is 0 Å². The van der Waals surface area contributed by atoms with E-state index in [1.165, 1.54) is 12.8 Å². The number of furan rings is 1. The smallest absolute Gasteiger partial charge is 0.191 e. The van der Waals surface area contributed by atoms with Crippen molar-refractivity contribution >= 4 is 29.9 Å². The van der Waals surface area contributed by atoms with Crippen molar-refractivity contribution in [2.75, 3.05) is 53.4 Å². The molecule has 6 nitrogen and oxygen atoms in total. The van der Waals surface area contributed by atoms with Crippen molar-refractivity contribution in [3.8, 4) is 0 Å². The summed E-state index contributed by atoms with van der Waals surface area (Å²) in [5.41, 5.74) is 0.140. The molecular weight excluding hydrogens is 453 g/mol. The highest BCUT2D eigenvalue weighted by molar-refractivity contribution is 14.0. The van der Waals surface area contributed by atoms with Crippen molar-refractivity contribution in [2.45, 2.75) is 39.7 Å². The Morgan fingerprint density at radius 1 is 1.30 bits per heavy atom. The highest BCUT2D eigenvalue weighted by atomic mass is 127. The van der Waals surface area contributed by atoms with E-state index in [1.54, 1.807) is 6.26 Å². The molecule has 0 aromatic carbocycles. The minimum Gasteiger partial charge on any atom is -0.468 e. The van der Waals surface area contributed by atoms with E-state index in [-0.39, 0.29) is 35.4 Å². The van der Waals surface area contributed by atoms with E-state index in [9.17, 15) is 0 Å². The Labute approximate surface area is 182 Å². The zero-order valence-corrected chi connectivity index (χ0v) is 20.0. The predicted molar refractivity (Wildman–Crippen MR) is 124 cm³/mol. The van der Waals surface area contributed by atoms with Gasteiger partial charge in [-0.15, -0.1) is 24.0 Å². The van der Waals surface area contributed by atoms with Crippen molar-refractivity contribution in [3.05, 3.63) is 24.2 Å². The monoisotopic (exact) mass is 491 g/mol. The molecule has 156 valence electrons. The molecule has 2 rings (SSSR count). The van der Waals surface area contributed by atoms with E-state index < -0.39 is 0 Å². The first kappa shape index (κ1) is 24.2. The fourth-order valence-corrected chi connectivity index (χ4v) is 3.68.